The molecule has 0 saturated carbocycles. The maximum absolute atomic E-state index is 12.4. The number of hydrogen-bond donors (Lipinski definition) is 3. The number of nitrogens with one attached hydrogen (secondary N) is 2. The zero-order chi connectivity index (χ0) is 17.2. The van der Waals surface area contributed by atoms with Gasteiger partial charge in [0.05, 0.1) is 19.5 Å². The summed E-state index contributed by atoms with van der Waals surface area (Å²) >= 11 is 0. The van der Waals surface area contributed by atoms with E-state index >= 15 is 0 Å². The van der Waals surface area contributed by atoms with E-state index in [9.17, 15) is 4.79 Å². The molecule has 0 unspecified atom stereocenters. The molecule has 3 heterocycles. The van der Waals surface area contributed by atoms with Crippen LogP contribution in [0, 0.1) is 0 Å². The summed E-state index contributed by atoms with van der Waals surface area (Å²) in [6.45, 7) is 2.41. The molecule has 1 amide bonds. The molecule has 3 aromatic rings. The molecule has 0 atom stereocenters. The van der Waals surface area contributed by atoms with Crippen LogP contribution in [0.2, 0.25) is 0 Å². The van der Waals surface area contributed by atoms with Gasteiger partial charge in [-0.05, 0) is 24.3 Å². The highest BCUT2D eigenvalue weighted by molar-refractivity contribution is 5.94. The van der Waals surface area contributed by atoms with E-state index in [0.717, 1.165) is 5.69 Å². The number of carbonyl (C=O) groups excluding carboxylic acids is 1. The average molecular weight is 339 g/mol. The van der Waals surface area contributed by atoms with Gasteiger partial charge < -0.3 is 25.7 Å². The van der Waals surface area contributed by atoms with Crippen LogP contribution in [-0.4, -0.2) is 57.0 Å². The van der Waals surface area contributed by atoms with Crippen LogP contribution >= 0.6 is 0 Å². The number of imidazole rings is 1. The molecule has 1 saturated heterocycles. The Kier molecular flexibility index (Phi) is 3.90. The van der Waals surface area contributed by atoms with Crippen molar-refractivity contribution >= 4 is 34.5 Å². The van der Waals surface area contributed by atoms with Crippen molar-refractivity contribution in [2.75, 3.05) is 37.4 Å². The van der Waals surface area contributed by atoms with Crippen LogP contribution in [0.5, 0.6) is 0 Å². The third-order valence-electron chi connectivity index (χ3n) is 3.99. The summed E-state index contributed by atoms with van der Waals surface area (Å²) < 4.78 is 5.27. The molecule has 9 heteroatoms. The van der Waals surface area contributed by atoms with Crippen LogP contribution in [0.1, 0.15) is 10.4 Å². The quantitative estimate of drug-likeness (QED) is 0.654. The van der Waals surface area contributed by atoms with Crippen molar-refractivity contribution in [2.24, 2.45) is 0 Å². The fraction of sp³-hybridized carbons (Fsp3) is 0.250. The topological polar surface area (TPSA) is 122 Å². The summed E-state index contributed by atoms with van der Waals surface area (Å²) in [5.74, 6) is 0.670. The number of fused-ring (bicyclic) bond motifs is 1. The number of nitrogens with zero attached hydrogens (tertiary/aromatic N) is 4. The number of amides is 1. The molecule has 4 N–H and O–H groups in total. The third-order valence-corrected chi connectivity index (χ3v) is 3.99. The van der Waals surface area contributed by atoms with E-state index in [2.05, 4.69) is 25.3 Å². The fourth-order valence-corrected chi connectivity index (χ4v) is 2.69. The minimum absolute atomic E-state index is 0.00854. The van der Waals surface area contributed by atoms with Crippen LogP contribution in [0.25, 0.3) is 11.2 Å². The van der Waals surface area contributed by atoms with Crippen molar-refractivity contribution in [1.82, 2.24) is 24.8 Å². The van der Waals surface area contributed by atoms with Crippen molar-refractivity contribution in [3.63, 3.8) is 0 Å². The summed E-state index contributed by atoms with van der Waals surface area (Å²) in [4.78, 5) is 29.7. The van der Waals surface area contributed by atoms with Crippen molar-refractivity contribution in [2.45, 2.75) is 0 Å². The van der Waals surface area contributed by atoms with Crippen LogP contribution in [0.3, 0.4) is 0 Å². The van der Waals surface area contributed by atoms with Gasteiger partial charge in [0.1, 0.15) is 5.52 Å². The summed E-state index contributed by atoms with van der Waals surface area (Å²) in [5.41, 5.74) is 8.37. The molecule has 25 heavy (non-hydrogen) atoms. The first-order chi connectivity index (χ1) is 12.2. The Morgan fingerprint density at radius 3 is 2.72 bits per heavy atom. The summed E-state index contributed by atoms with van der Waals surface area (Å²) in [6.07, 6.45) is 1.52. The lowest BCUT2D eigenvalue weighted by molar-refractivity contribution is 0.0303. The molecule has 1 aromatic carbocycles. The van der Waals surface area contributed by atoms with Gasteiger partial charge in [0, 0.05) is 24.3 Å². The molecule has 4 rings (SSSR count). The van der Waals surface area contributed by atoms with Crippen LogP contribution in [0.4, 0.5) is 17.5 Å². The Morgan fingerprint density at radius 1 is 1.20 bits per heavy atom. The van der Waals surface area contributed by atoms with E-state index < -0.39 is 0 Å². The molecule has 0 aliphatic carbocycles. The molecule has 1 aliphatic rings. The fourth-order valence-electron chi connectivity index (χ4n) is 2.69. The van der Waals surface area contributed by atoms with E-state index in [4.69, 9.17) is 10.5 Å². The lowest BCUT2D eigenvalue weighted by Crippen LogP contribution is -2.40. The van der Waals surface area contributed by atoms with Crippen LogP contribution in [0.15, 0.2) is 30.6 Å². The lowest BCUT2D eigenvalue weighted by Gasteiger charge is -2.26. The Hall–Kier alpha value is -3.20. The van der Waals surface area contributed by atoms with E-state index in [1.165, 1.54) is 6.33 Å². The second-order valence-corrected chi connectivity index (χ2v) is 5.64. The zero-order valence-electron chi connectivity index (χ0n) is 13.4. The maximum atomic E-state index is 12.4. The zero-order valence-corrected chi connectivity index (χ0v) is 13.4. The van der Waals surface area contributed by atoms with Gasteiger partial charge in [-0.1, -0.05) is 0 Å². The number of morpholine rings is 1. The van der Waals surface area contributed by atoms with E-state index in [-0.39, 0.29) is 5.91 Å². The highest BCUT2D eigenvalue weighted by Gasteiger charge is 2.18. The molecule has 0 spiro atoms. The molecule has 0 radical (unpaired) electrons. The predicted octanol–water partition coefficient (Wildman–Crippen LogP) is 1.15. The minimum atomic E-state index is 0.00854. The number of anilines is 3. The summed E-state index contributed by atoms with van der Waals surface area (Å²) in [6, 6.07) is 7.17. The van der Waals surface area contributed by atoms with Crippen LogP contribution < -0.4 is 11.1 Å². The van der Waals surface area contributed by atoms with Gasteiger partial charge in [-0.25, -0.2) is 4.98 Å². The number of benzene rings is 1. The number of carbonyl (C=O) groups is 1. The number of nitrogen functional groups attached to an aromatic ring is 1. The van der Waals surface area contributed by atoms with Crippen molar-refractivity contribution in [3.05, 3.63) is 36.2 Å². The smallest absolute Gasteiger partial charge is 0.254 e. The van der Waals surface area contributed by atoms with Gasteiger partial charge in [0.25, 0.3) is 5.91 Å². The second-order valence-electron chi connectivity index (χ2n) is 5.64. The monoisotopic (exact) mass is 339 g/mol. The Morgan fingerprint density at radius 2 is 1.96 bits per heavy atom. The Bertz CT molecular complexity index is 900. The highest BCUT2D eigenvalue weighted by atomic mass is 16.5. The summed E-state index contributed by atoms with van der Waals surface area (Å²) in [7, 11) is 0. The number of nitrogens with two attached hydrogens (primary N) is 1. The van der Waals surface area contributed by atoms with E-state index in [1.54, 1.807) is 17.0 Å². The minimum Gasteiger partial charge on any atom is -0.382 e. The third kappa shape index (κ3) is 3.09. The highest BCUT2D eigenvalue weighted by Crippen LogP contribution is 2.19. The largest absolute Gasteiger partial charge is 0.382 e. The number of hydrogen-bond acceptors (Lipinski definition) is 7. The number of ether oxygens (including phenoxy) is 1. The van der Waals surface area contributed by atoms with Crippen molar-refractivity contribution < 1.29 is 9.53 Å². The molecule has 9 nitrogen and oxygen atoms in total. The molecular formula is C16H17N7O2. The number of H-pyrrole nitrogens is 1. The molecule has 2 aromatic heterocycles. The van der Waals surface area contributed by atoms with Gasteiger partial charge in [0.2, 0.25) is 5.95 Å². The average Bonchev–Trinajstić information content (AvgIpc) is 3.12. The molecule has 128 valence electrons. The van der Waals surface area contributed by atoms with Gasteiger partial charge >= 0.3 is 0 Å². The van der Waals surface area contributed by atoms with Gasteiger partial charge in [-0.2, -0.15) is 9.97 Å². The summed E-state index contributed by atoms with van der Waals surface area (Å²) in [5, 5.41) is 3.08. The van der Waals surface area contributed by atoms with Crippen molar-refractivity contribution in [1.29, 1.82) is 0 Å². The van der Waals surface area contributed by atoms with Crippen LogP contribution in [-0.2, 0) is 4.74 Å². The molecule has 1 aliphatic heterocycles. The molecular weight excluding hydrogens is 322 g/mol. The first-order valence-electron chi connectivity index (χ1n) is 7.91. The second kappa shape index (κ2) is 6.36. The first-order valence-corrected chi connectivity index (χ1v) is 7.91. The first kappa shape index (κ1) is 15.3. The van der Waals surface area contributed by atoms with Gasteiger partial charge in [-0.15, -0.1) is 0 Å². The molecule has 1 fully saturated rings. The Labute approximate surface area is 143 Å². The number of rotatable bonds is 3. The normalized spacial score (nSPS) is 14.6. The molecule has 0 bridgehead atoms. The maximum Gasteiger partial charge on any atom is 0.254 e. The van der Waals surface area contributed by atoms with Gasteiger partial charge in [-0.3, -0.25) is 4.79 Å². The SMILES string of the molecule is Nc1nc(Nc2ccc(C(=O)N3CCOCC3)cc2)nc2[nH]cnc12. The van der Waals surface area contributed by atoms with E-state index in [1.807, 2.05) is 12.1 Å². The predicted molar refractivity (Wildman–Crippen MR) is 92.5 cm³/mol. The van der Waals surface area contributed by atoms with Gasteiger partial charge in [0.15, 0.2) is 11.5 Å². The lowest BCUT2D eigenvalue weighted by atomic mass is 10.1. The number of aromatic nitrogens is 4. The van der Waals surface area contributed by atoms with E-state index in [0.29, 0.717) is 54.8 Å². The standard InChI is InChI=1S/C16H17N7O2/c17-13-12-14(19-9-18-12)22-16(21-13)20-11-3-1-10(2-4-11)15(24)23-5-7-25-8-6-23/h1-4,9H,5-8H2,(H4,17,18,19,20,21,22). The number of aromatic amines is 1. The Balaban J connectivity index is 1.50. The van der Waals surface area contributed by atoms with Crippen molar-refractivity contribution in [3.8, 4) is 0 Å².